The maximum Gasteiger partial charge on any atom is 0.220 e. The van der Waals surface area contributed by atoms with Crippen LogP contribution in [0.4, 0.5) is 0 Å². The molecule has 2 N–H and O–H groups in total. The Hall–Kier alpha value is -0.610. The van der Waals surface area contributed by atoms with Crippen LogP contribution in [0, 0.1) is 11.3 Å². The topological polar surface area (TPSA) is 50.4 Å². The summed E-state index contributed by atoms with van der Waals surface area (Å²) >= 11 is 0. The lowest BCUT2D eigenvalue weighted by molar-refractivity contribution is -0.122. The van der Waals surface area contributed by atoms with E-state index in [1.807, 2.05) is 6.92 Å². The van der Waals surface area contributed by atoms with Gasteiger partial charge in [-0.2, -0.15) is 0 Å². The smallest absolute Gasteiger partial charge is 0.220 e. The summed E-state index contributed by atoms with van der Waals surface area (Å²) in [6.45, 7) is 7.86. The van der Waals surface area contributed by atoms with Gasteiger partial charge in [-0.05, 0) is 37.3 Å². The second-order valence-electron chi connectivity index (χ2n) is 5.60. The Morgan fingerprint density at radius 1 is 1.47 bits per heavy atom. The first-order chi connectivity index (χ1) is 8.06. The van der Waals surface area contributed by atoms with Crippen LogP contribution >= 0.6 is 0 Å². The molecule has 1 aliphatic heterocycles. The second-order valence-corrected chi connectivity index (χ2v) is 5.60. The van der Waals surface area contributed by atoms with Crippen LogP contribution in [-0.2, 0) is 9.53 Å². The molecule has 1 fully saturated rings. The van der Waals surface area contributed by atoms with E-state index in [2.05, 4.69) is 17.6 Å². The van der Waals surface area contributed by atoms with Crippen LogP contribution in [-0.4, -0.2) is 39.3 Å². The molecule has 0 aromatic rings. The van der Waals surface area contributed by atoms with Crippen LogP contribution in [0.15, 0.2) is 0 Å². The molecule has 1 saturated heterocycles. The minimum atomic E-state index is 0.148. The minimum absolute atomic E-state index is 0.148. The molecule has 1 unspecified atom stereocenters. The van der Waals surface area contributed by atoms with Crippen LogP contribution in [0.3, 0.4) is 0 Å². The zero-order valence-corrected chi connectivity index (χ0v) is 11.3. The molecule has 4 heteroatoms. The SMILES string of the molecule is COCC(C)CC(=O)NCC1(C)CCNCC1. The molecule has 0 spiro atoms. The monoisotopic (exact) mass is 242 g/mol. The quantitative estimate of drug-likeness (QED) is 0.735. The molecule has 1 amide bonds. The van der Waals surface area contributed by atoms with Gasteiger partial charge in [-0.1, -0.05) is 13.8 Å². The molecule has 0 saturated carbocycles. The lowest BCUT2D eigenvalue weighted by atomic mass is 9.81. The first-order valence-electron chi connectivity index (χ1n) is 6.52. The van der Waals surface area contributed by atoms with Gasteiger partial charge in [-0.3, -0.25) is 4.79 Å². The minimum Gasteiger partial charge on any atom is -0.384 e. The van der Waals surface area contributed by atoms with Gasteiger partial charge in [-0.15, -0.1) is 0 Å². The highest BCUT2D eigenvalue weighted by molar-refractivity contribution is 5.76. The van der Waals surface area contributed by atoms with Crippen molar-refractivity contribution in [3.05, 3.63) is 0 Å². The highest BCUT2D eigenvalue weighted by Crippen LogP contribution is 2.26. The molecular weight excluding hydrogens is 216 g/mol. The standard InChI is InChI=1S/C13H26N2O2/c1-11(9-17-3)8-12(16)15-10-13(2)4-6-14-7-5-13/h11,14H,4-10H2,1-3H3,(H,15,16). The molecule has 0 aliphatic carbocycles. The molecule has 0 aromatic carbocycles. The number of piperidine rings is 1. The summed E-state index contributed by atoms with van der Waals surface area (Å²) in [6.07, 6.45) is 2.84. The van der Waals surface area contributed by atoms with Gasteiger partial charge in [0.2, 0.25) is 5.91 Å². The van der Waals surface area contributed by atoms with Crippen LogP contribution < -0.4 is 10.6 Å². The normalized spacial score (nSPS) is 20.9. The predicted octanol–water partition coefficient (Wildman–Crippen LogP) is 1.16. The van der Waals surface area contributed by atoms with Crippen molar-refractivity contribution in [2.75, 3.05) is 33.4 Å². The number of hydrogen-bond acceptors (Lipinski definition) is 3. The number of rotatable bonds is 6. The van der Waals surface area contributed by atoms with E-state index in [-0.39, 0.29) is 11.3 Å². The zero-order valence-electron chi connectivity index (χ0n) is 11.3. The lowest BCUT2D eigenvalue weighted by Gasteiger charge is -2.34. The molecule has 17 heavy (non-hydrogen) atoms. The summed E-state index contributed by atoms with van der Waals surface area (Å²) in [5, 5.41) is 6.41. The summed E-state index contributed by atoms with van der Waals surface area (Å²) in [6, 6.07) is 0. The van der Waals surface area contributed by atoms with Crippen molar-refractivity contribution >= 4 is 5.91 Å². The number of amides is 1. The maximum atomic E-state index is 11.7. The Labute approximate surface area is 104 Å². The highest BCUT2D eigenvalue weighted by Gasteiger charge is 2.27. The summed E-state index contributed by atoms with van der Waals surface area (Å²) in [5.41, 5.74) is 0.269. The van der Waals surface area contributed by atoms with Gasteiger partial charge in [0.15, 0.2) is 0 Å². The average Bonchev–Trinajstić information content (AvgIpc) is 2.28. The van der Waals surface area contributed by atoms with E-state index < -0.39 is 0 Å². The zero-order chi connectivity index (χ0) is 12.7. The van der Waals surface area contributed by atoms with Crippen molar-refractivity contribution < 1.29 is 9.53 Å². The molecule has 1 atom stereocenters. The van der Waals surface area contributed by atoms with Gasteiger partial charge in [0.25, 0.3) is 0 Å². The fraction of sp³-hybridized carbons (Fsp3) is 0.923. The van der Waals surface area contributed by atoms with Crippen LogP contribution in [0.1, 0.15) is 33.1 Å². The fourth-order valence-corrected chi connectivity index (χ4v) is 2.25. The summed E-state index contributed by atoms with van der Waals surface area (Å²) in [7, 11) is 1.67. The molecule has 1 heterocycles. The largest absolute Gasteiger partial charge is 0.384 e. The first kappa shape index (κ1) is 14.5. The van der Waals surface area contributed by atoms with E-state index in [1.165, 1.54) is 0 Å². The second kappa shape index (κ2) is 6.97. The van der Waals surface area contributed by atoms with E-state index >= 15 is 0 Å². The molecule has 0 bridgehead atoms. The summed E-state index contributed by atoms with van der Waals surface area (Å²) < 4.78 is 5.03. The number of carbonyl (C=O) groups excluding carboxylic acids is 1. The highest BCUT2D eigenvalue weighted by atomic mass is 16.5. The van der Waals surface area contributed by atoms with Gasteiger partial charge in [0, 0.05) is 26.7 Å². The van der Waals surface area contributed by atoms with Crippen LogP contribution in [0.25, 0.3) is 0 Å². The molecule has 0 aromatic heterocycles. The van der Waals surface area contributed by atoms with E-state index in [4.69, 9.17) is 4.74 Å². The molecule has 100 valence electrons. The lowest BCUT2D eigenvalue weighted by Crippen LogP contribution is -2.43. The number of hydrogen-bond donors (Lipinski definition) is 2. The number of methoxy groups -OCH3 is 1. The fourth-order valence-electron chi connectivity index (χ4n) is 2.25. The molecule has 0 radical (unpaired) electrons. The summed E-state index contributed by atoms with van der Waals surface area (Å²) in [5.74, 6) is 0.440. The van der Waals surface area contributed by atoms with E-state index in [0.29, 0.717) is 18.9 Å². The van der Waals surface area contributed by atoms with Gasteiger partial charge < -0.3 is 15.4 Å². The van der Waals surface area contributed by atoms with Crippen molar-refractivity contribution in [2.45, 2.75) is 33.1 Å². The van der Waals surface area contributed by atoms with Crippen molar-refractivity contribution in [1.29, 1.82) is 0 Å². The first-order valence-corrected chi connectivity index (χ1v) is 6.52. The van der Waals surface area contributed by atoms with E-state index in [9.17, 15) is 4.79 Å². The van der Waals surface area contributed by atoms with Gasteiger partial charge in [0.05, 0.1) is 0 Å². The Balaban J connectivity index is 2.22. The van der Waals surface area contributed by atoms with E-state index in [0.717, 1.165) is 32.5 Å². The number of ether oxygens (including phenoxy) is 1. The Morgan fingerprint density at radius 3 is 2.71 bits per heavy atom. The maximum absolute atomic E-state index is 11.7. The Kier molecular flexibility index (Phi) is 5.92. The predicted molar refractivity (Wildman–Crippen MR) is 68.9 cm³/mol. The van der Waals surface area contributed by atoms with Crippen molar-refractivity contribution in [2.24, 2.45) is 11.3 Å². The van der Waals surface area contributed by atoms with Gasteiger partial charge >= 0.3 is 0 Å². The van der Waals surface area contributed by atoms with Gasteiger partial charge in [-0.25, -0.2) is 0 Å². The molecule has 1 rings (SSSR count). The van der Waals surface area contributed by atoms with Crippen molar-refractivity contribution in [1.82, 2.24) is 10.6 Å². The third kappa shape index (κ3) is 5.50. The van der Waals surface area contributed by atoms with Gasteiger partial charge in [0.1, 0.15) is 0 Å². The molecule has 4 nitrogen and oxygen atoms in total. The third-order valence-electron chi connectivity index (χ3n) is 3.51. The van der Waals surface area contributed by atoms with Crippen molar-refractivity contribution in [3.63, 3.8) is 0 Å². The van der Waals surface area contributed by atoms with Crippen LogP contribution in [0.2, 0.25) is 0 Å². The third-order valence-corrected chi connectivity index (χ3v) is 3.51. The molecular formula is C13H26N2O2. The summed E-state index contributed by atoms with van der Waals surface area (Å²) in [4.78, 5) is 11.7. The Morgan fingerprint density at radius 2 is 2.12 bits per heavy atom. The number of carbonyl (C=O) groups is 1. The average molecular weight is 242 g/mol. The number of nitrogens with one attached hydrogen (secondary N) is 2. The van der Waals surface area contributed by atoms with Crippen LogP contribution in [0.5, 0.6) is 0 Å². The Bertz CT molecular complexity index is 238. The molecule has 1 aliphatic rings. The van der Waals surface area contributed by atoms with Crippen molar-refractivity contribution in [3.8, 4) is 0 Å². The van der Waals surface area contributed by atoms with E-state index in [1.54, 1.807) is 7.11 Å².